The molecule has 27 heavy (non-hydrogen) atoms. The van der Waals surface area contributed by atoms with Gasteiger partial charge in [0.15, 0.2) is 5.13 Å². The smallest absolute Gasteiger partial charge is 0.185 e. The van der Waals surface area contributed by atoms with Crippen LogP contribution < -0.4 is 4.90 Å². The van der Waals surface area contributed by atoms with Crippen LogP contribution in [0.1, 0.15) is 23.3 Å². The van der Waals surface area contributed by atoms with Gasteiger partial charge in [-0.05, 0) is 56.5 Å². The first kappa shape index (κ1) is 20.6. The fourth-order valence-electron chi connectivity index (χ4n) is 3.79. The van der Waals surface area contributed by atoms with E-state index >= 15 is 0 Å². The van der Waals surface area contributed by atoms with Crippen molar-refractivity contribution >= 4 is 28.1 Å². The van der Waals surface area contributed by atoms with E-state index in [4.69, 9.17) is 11.6 Å². The van der Waals surface area contributed by atoms with E-state index in [1.807, 2.05) is 32.4 Å². The number of halogens is 1. The summed E-state index contributed by atoms with van der Waals surface area (Å²) in [5.74, 6) is 0.759. The van der Waals surface area contributed by atoms with Gasteiger partial charge < -0.3 is 14.7 Å². The van der Waals surface area contributed by atoms with Crippen LogP contribution in [0.15, 0.2) is 30.5 Å². The minimum absolute atomic E-state index is 0.759. The van der Waals surface area contributed by atoms with Gasteiger partial charge in [0.25, 0.3) is 0 Å². The van der Waals surface area contributed by atoms with Gasteiger partial charge in [-0.25, -0.2) is 4.98 Å². The van der Waals surface area contributed by atoms with Crippen molar-refractivity contribution in [2.45, 2.75) is 25.8 Å². The molecule has 1 atom stereocenters. The normalized spacial score (nSPS) is 18.2. The Hall–Kier alpha value is -1.14. The standard InChI is InChI=1S/C21H31ClN4S/c1-24(2)21-23-13-20(27-21)16-25(3)14-18-5-4-11-26(15-18)12-10-17-6-8-19(22)9-7-17/h6-9,13,18H,4-5,10-12,14-16H2,1-3H3/t18-/m0/s1. The molecule has 0 saturated carbocycles. The summed E-state index contributed by atoms with van der Waals surface area (Å²) in [5, 5.41) is 1.91. The van der Waals surface area contributed by atoms with E-state index in [-0.39, 0.29) is 0 Å². The van der Waals surface area contributed by atoms with Gasteiger partial charge in [0, 0.05) is 56.4 Å². The maximum atomic E-state index is 5.98. The van der Waals surface area contributed by atoms with Crippen molar-refractivity contribution in [1.82, 2.24) is 14.8 Å². The molecule has 148 valence electrons. The number of thiazole rings is 1. The minimum Gasteiger partial charge on any atom is -0.354 e. The van der Waals surface area contributed by atoms with Crippen LogP contribution in [0.2, 0.25) is 5.02 Å². The van der Waals surface area contributed by atoms with Crippen LogP contribution in [0.25, 0.3) is 0 Å². The Morgan fingerprint density at radius 3 is 2.70 bits per heavy atom. The van der Waals surface area contributed by atoms with Gasteiger partial charge in [-0.2, -0.15) is 0 Å². The lowest BCUT2D eigenvalue weighted by Gasteiger charge is -2.34. The quantitative estimate of drug-likeness (QED) is 0.653. The number of hydrogen-bond acceptors (Lipinski definition) is 5. The van der Waals surface area contributed by atoms with E-state index in [2.05, 4.69) is 38.9 Å². The van der Waals surface area contributed by atoms with Crippen LogP contribution in [0.4, 0.5) is 5.13 Å². The molecule has 3 rings (SSSR count). The first-order valence-electron chi connectivity index (χ1n) is 9.77. The van der Waals surface area contributed by atoms with Gasteiger partial charge in [0.05, 0.1) is 0 Å². The van der Waals surface area contributed by atoms with Crippen LogP contribution in [0.5, 0.6) is 0 Å². The second-order valence-electron chi connectivity index (χ2n) is 7.89. The number of rotatable bonds is 8. The van der Waals surface area contributed by atoms with Gasteiger partial charge in [0.2, 0.25) is 0 Å². The maximum absolute atomic E-state index is 5.98. The van der Waals surface area contributed by atoms with Crippen molar-refractivity contribution in [3.8, 4) is 0 Å². The monoisotopic (exact) mass is 406 g/mol. The molecule has 0 aliphatic carbocycles. The topological polar surface area (TPSA) is 22.6 Å². The molecule has 0 amide bonds. The average molecular weight is 407 g/mol. The summed E-state index contributed by atoms with van der Waals surface area (Å²) in [4.78, 5) is 13.0. The fourth-order valence-corrected chi connectivity index (χ4v) is 4.83. The van der Waals surface area contributed by atoms with E-state index in [9.17, 15) is 0 Å². The maximum Gasteiger partial charge on any atom is 0.185 e. The van der Waals surface area contributed by atoms with Crippen molar-refractivity contribution in [2.24, 2.45) is 5.92 Å². The molecule has 1 aromatic heterocycles. The highest BCUT2D eigenvalue weighted by molar-refractivity contribution is 7.15. The molecule has 0 N–H and O–H groups in total. The molecule has 0 unspecified atom stereocenters. The molecular formula is C21H31ClN4S. The van der Waals surface area contributed by atoms with Gasteiger partial charge in [0.1, 0.15) is 0 Å². The summed E-state index contributed by atoms with van der Waals surface area (Å²) < 4.78 is 0. The van der Waals surface area contributed by atoms with Crippen LogP contribution >= 0.6 is 22.9 Å². The highest BCUT2D eigenvalue weighted by Crippen LogP contribution is 2.23. The molecule has 4 nitrogen and oxygen atoms in total. The molecule has 1 aromatic carbocycles. The number of anilines is 1. The first-order valence-corrected chi connectivity index (χ1v) is 11.0. The highest BCUT2D eigenvalue weighted by Gasteiger charge is 2.21. The van der Waals surface area contributed by atoms with Crippen molar-refractivity contribution in [1.29, 1.82) is 0 Å². The number of piperidine rings is 1. The van der Waals surface area contributed by atoms with Gasteiger partial charge in [-0.3, -0.25) is 0 Å². The van der Waals surface area contributed by atoms with Crippen molar-refractivity contribution in [3.63, 3.8) is 0 Å². The zero-order valence-corrected chi connectivity index (χ0v) is 18.3. The lowest BCUT2D eigenvalue weighted by molar-refractivity contribution is 0.142. The van der Waals surface area contributed by atoms with Crippen LogP contribution in [0, 0.1) is 5.92 Å². The third-order valence-corrected chi connectivity index (χ3v) is 6.55. The van der Waals surface area contributed by atoms with E-state index in [1.165, 1.54) is 36.4 Å². The summed E-state index contributed by atoms with van der Waals surface area (Å²) >= 11 is 7.77. The predicted octanol–water partition coefficient (Wildman–Crippen LogP) is 4.25. The fraction of sp³-hybridized carbons (Fsp3) is 0.571. The molecule has 1 aliphatic heterocycles. The number of likely N-dealkylation sites (tertiary alicyclic amines) is 1. The summed E-state index contributed by atoms with van der Waals surface area (Å²) in [6.45, 7) is 5.74. The minimum atomic E-state index is 0.759. The molecule has 1 saturated heterocycles. The summed E-state index contributed by atoms with van der Waals surface area (Å²) in [6.07, 6.45) is 5.78. The van der Waals surface area contributed by atoms with Crippen molar-refractivity contribution in [2.75, 3.05) is 52.2 Å². The number of benzene rings is 1. The van der Waals surface area contributed by atoms with Crippen molar-refractivity contribution < 1.29 is 0 Å². The van der Waals surface area contributed by atoms with Crippen LogP contribution in [-0.4, -0.2) is 62.1 Å². The Balaban J connectivity index is 1.43. The SMILES string of the molecule is CN(Cc1cnc(N(C)C)s1)C[C@@H]1CCCN(CCc2ccc(Cl)cc2)C1. The predicted molar refractivity (Wildman–Crippen MR) is 117 cm³/mol. The Morgan fingerprint density at radius 2 is 2.00 bits per heavy atom. The molecule has 0 spiro atoms. The average Bonchev–Trinajstić information content (AvgIpc) is 3.10. The zero-order valence-electron chi connectivity index (χ0n) is 16.7. The van der Waals surface area contributed by atoms with Gasteiger partial charge in [-0.1, -0.05) is 23.7 Å². The Labute approximate surface area is 172 Å². The lowest BCUT2D eigenvalue weighted by atomic mass is 9.97. The summed E-state index contributed by atoms with van der Waals surface area (Å²) in [7, 11) is 6.33. The molecule has 0 bridgehead atoms. The molecule has 2 heterocycles. The summed E-state index contributed by atoms with van der Waals surface area (Å²) in [5.41, 5.74) is 1.38. The van der Waals surface area contributed by atoms with Crippen LogP contribution in [0.3, 0.4) is 0 Å². The van der Waals surface area contributed by atoms with E-state index in [0.717, 1.165) is 42.1 Å². The van der Waals surface area contributed by atoms with E-state index in [0.29, 0.717) is 0 Å². The third kappa shape index (κ3) is 6.46. The molecule has 6 heteroatoms. The Kier molecular flexibility index (Phi) is 7.53. The molecule has 0 radical (unpaired) electrons. The van der Waals surface area contributed by atoms with E-state index in [1.54, 1.807) is 11.3 Å². The first-order chi connectivity index (χ1) is 13.0. The van der Waals surface area contributed by atoms with Gasteiger partial charge in [-0.15, -0.1) is 11.3 Å². The van der Waals surface area contributed by atoms with Crippen LogP contribution in [-0.2, 0) is 13.0 Å². The molecular weight excluding hydrogens is 376 g/mol. The second-order valence-corrected chi connectivity index (χ2v) is 9.42. The molecule has 2 aromatic rings. The Morgan fingerprint density at radius 1 is 1.22 bits per heavy atom. The highest BCUT2D eigenvalue weighted by atomic mass is 35.5. The van der Waals surface area contributed by atoms with E-state index < -0.39 is 0 Å². The number of hydrogen-bond donors (Lipinski definition) is 0. The van der Waals surface area contributed by atoms with Crippen molar-refractivity contribution in [3.05, 3.63) is 45.9 Å². The second kappa shape index (κ2) is 9.87. The van der Waals surface area contributed by atoms with Gasteiger partial charge >= 0.3 is 0 Å². The third-order valence-electron chi connectivity index (χ3n) is 5.15. The number of nitrogens with zero attached hydrogens (tertiary/aromatic N) is 4. The zero-order chi connectivity index (χ0) is 19.2. The summed E-state index contributed by atoms with van der Waals surface area (Å²) in [6, 6.07) is 8.28. The molecule has 1 fully saturated rings. The molecule has 1 aliphatic rings. The largest absolute Gasteiger partial charge is 0.354 e. The Bertz CT molecular complexity index is 700. The number of aromatic nitrogens is 1. The lowest BCUT2D eigenvalue weighted by Crippen LogP contribution is -2.40.